The molecule has 1 unspecified atom stereocenters. The van der Waals surface area contributed by atoms with Crippen molar-refractivity contribution in [2.45, 2.75) is 26.9 Å². The van der Waals surface area contributed by atoms with E-state index in [9.17, 15) is 4.79 Å². The van der Waals surface area contributed by atoms with Crippen LogP contribution in [-0.2, 0) is 4.74 Å². The smallest absolute Gasteiger partial charge is 0.251 e. The van der Waals surface area contributed by atoms with Crippen LogP contribution in [0.25, 0.3) is 0 Å². The van der Waals surface area contributed by atoms with Crippen molar-refractivity contribution in [2.24, 2.45) is 0 Å². The summed E-state index contributed by atoms with van der Waals surface area (Å²) in [6.45, 7) is 6.49. The lowest BCUT2D eigenvalue weighted by Gasteiger charge is -2.18. The van der Waals surface area contributed by atoms with Crippen molar-refractivity contribution in [1.29, 1.82) is 0 Å². The molecule has 3 heteroatoms. The van der Waals surface area contributed by atoms with E-state index in [1.165, 1.54) is 0 Å². The molecule has 0 radical (unpaired) electrons. The lowest BCUT2D eigenvalue weighted by Crippen LogP contribution is -2.29. The van der Waals surface area contributed by atoms with Crippen LogP contribution < -0.4 is 5.32 Å². The topological polar surface area (TPSA) is 38.3 Å². The van der Waals surface area contributed by atoms with Gasteiger partial charge in [0.1, 0.15) is 0 Å². The zero-order valence-corrected chi connectivity index (χ0v) is 13.6. The van der Waals surface area contributed by atoms with Gasteiger partial charge >= 0.3 is 0 Å². The third-order valence-corrected chi connectivity index (χ3v) is 3.75. The maximum absolute atomic E-state index is 12.3. The van der Waals surface area contributed by atoms with E-state index in [1.54, 1.807) is 7.11 Å². The fourth-order valence-electron chi connectivity index (χ4n) is 2.66. The zero-order chi connectivity index (χ0) is 16.1. The average molecular weight is 297 g/mol. The summed E-state index contributed by atoms with van der Waals surface area (Å²) in [6, 6.07) is 13.9. The quantitative estimate of drug-likeness (QED) is 0.913. The number of aryl methyl sites for hydroxylation is 3. The molecule has 0 fully saturated rings. The summed E-state index contributed by atoms with van der Waals surface area (Å²) < 4.78 is 5.54. The van der Waals surface area contributed by atoms with Gasteiger partial charge in [-0.1, -0.05) is 41.5 Å². The van der Waals surface area contributed by atoms with E-state index < -0.39 is 0 Å². The molecule has 1 amide bonds. The predicted molar refractivity (Wildman–Crippen MR) is 89.2 cm³/mol. The number of amides is 1. The normalized spacial score (nSPS) is 12.0. The van der Waals surface area contributed by atoms with Crippen molar-refractivity contribution in [3.05, 3.63) is 70.3 Å². The highest BCUT2D eigenvalue weighted by Crippen LogP contribution is 2.19. The minimum atomic E-state index is -0.143. The number of nitrogens with one attached hydrogen (secondary N) is 1. The Labute approximate surface area is 132 Å². The van der Waals surface area contributed by atoms with Crippen LogP contribution in [0.3, 0.4) is 0 Å². The molecule has 0 aromatic heterocycles. The first kappa shape index (κ1) is 16.2. The van der Waals surface area contributed by atoms with Gasteiger partial charge in [0.15, 0.2) is 0 Å². The minimum absolute atomic E-state index is 0.0672. The highest BCUT2D eigenvalue weighted by molar-refractivity contribution is 5.94. The highest BCUT2D eigenvalue weighted by atomic mass is 16.5. The second kappa shape index (κ2) is 7.23. The third kappa shape index (κ3) is 3.95. The summed E-state index contributed by atoms with van der Waals surface area (Å²) >= 11 is 0. The fraction of sp³-hybridized carbons (Fsp3) is 0.316. The molecule has 0 heterocycles. The van der Waals surface area contributed by atoms with Crippen LogP contribution in [0.2, 0.25) is 0 Å². The number of hydrogen-bond acceptors (Lipinski definition) is 2. The van der Waals surface area contributed by atoms with Crippen LogP contribution in [0, 0.1) is 20.8 Å². The lowest BCUT2D eigenvalue weighted by atomic mass is 10.0. The first-order valence-corrected chi connectivity index (χ1v) is 7.46. The van der Waals surface area contributed by atoms with E-state index in [4.69, 9.17) is 4.74 Å². The maximum Gasteiger partial charge on any atom is 0.251 e. The van der Waals surface area contributed by atoms with Crippen molar-refractivity contribution >= 4 is 5.91 Å². The highest BCUT2D eigenvalue weighted by Gasteiger charge is 2.15. The molecule has 0 bridgehead atoms. The standard InChI is InChI=1S/C19H23NO2/c1-13-9-14(2)11-16(10-13)19(21)20-12-18(22-4)17-8-6-5-7-15(17)3/h5-11,18H,12H2,1-4H3,(H,20,21). The molecule has 2 aromatic carbocycles. The van der Waals surface area contributed by atoms with Gasteiger partial charge in [0, 0.05) is 19.2 Å². The number of carbonyl (C=O) groups is 1. The van der Waals surface area contributed by atoms with Gasteiger partial charge in [-0.15, -0.1) is 0 Å². The molecule has 2 aromatic rings. The minimum Gasteiger partial charge on any atom is -0.375 e. The molecule has 0 aliphatic carbocycles. The average Bonchev–Trinajstić information content (AvgIpc) is 2.48. The van der Waals surface area contributed by atoms with Crippen LogP contribution in [0.4, 0.5) is 0 Å². The van der Waals surface area contributed by atoms with Gasteiger partial charge in [0.25, 0.3) is 5.91 Å². The molecule has 1 N–H and O–H groups in total. The van der Waals surface area contributed by atoms with Crippen molar-refractivity contribution in [1.82, 2.24) is 5.32 Å². The Kier molecular flexibility index (Phi) is 5.34. The van der Waals surface area contributed by atoms with Gasteiger partial charge in [0.05, 0.1) is 6.10 Å². The van der Waals surface area contributed by atoms with Gasteiger partial charge in [-0.2, -0.15) is 0 Å². The Morgan fingerprint density at radius 2 is 1.73 bits per heavy atom. The summed E-state index contributed by atoms with van der Waals surface area (Å²) in [5.74, 6) is -0.0672. The monoisotopic (exact) mass is 297 g/mol. The van der Waals surface area contributed by atoms with Gasteiger partial charge in [-0.25, -0.2) is 0 Å². The number of benzene rings is 2. The van der Waals surface area contributed by atoms with Crippen LogP contribution in [0.5, 0.6) is 0 Å². The summed E-state index contributed by atoms with van der Waals surface area (Å²) in [5, 5.41) is 2.97. The Morgan fingerprint density at radius 3 is 2.32 bits per heavy atom. The number of ether oxygens (including phenoxy) is 1. The van der Waals surface area contributed by atoms with Crippen LogP contribution in [0.1, 0.15) is 38.7 Å². The summed E-state index contributed by atoms with van der Waals surface area (Å²) in [5.41, 5.74) is 5.14. The van der Waals surface area contributed by atoms with Gasteiger partial charge in [-0.05, 0) is 44.0 Å². The number of hydrogen-bond donors (Lipinski definition) is 1. The molecule has 0 saturated carbocycles. The summed E-state index contributed by atoms with van der Waals surface area (Å²) in [6.07, 6.45) is -0.143. The fourth-order valence-corrected chi connectivity index (χ4v) is 2.66. The van der Waals surface area contributed by atoms with Gasteiger partial charge < -0.3 is 10.1 Å². The molecule has 22 heavy (non-hydrogen) atoms. The SMILES string of the molecule is COC(CNC(=O)c1cc(C)cc(C)c1)c1ccccc1C. The zero-order valence-electron chi connectivity index (χ0n) is 13.6. The number of rotatable bonds is 5. The first-order chi connectivity index (χ1) is 10.5. The summed E-state index contributed by atoms with van der Waals surface area (Å²) in [7, 11) is 1.67. The molecular formula is C19H23NO2. The van der Waals surface area contributed by atoms with Crippen LogP contribution >= 0.6 is 0 Å². The molecule has 0 saturated heterocycles. The second-order valence-electron chi connectivity index (χ2n) is 5.67. The van der Waals surface area contributed by atoms with Crippen molar-refractivity contribution in [3.63, 3.8) is 0 Å². The number of carbonyl (C=O) groups excluding carboxylic acids is 1. The van der Waals surface area contributed by atoms with Crippen molar-refractivity contribution in [3.8, 4) is 0 Å². The Hall–Kier alpha value is -2.13. The van der Waals surface area contributed by atoms with E-state index in [0.29, 0.717) is 12.1 Å². The van der Waals surface area contributed by atoms with Crippen molar-refractivity contribution in [2.75, 3.05) is 13.7 Å². The molecule has 3 nitrogen and oxygen atoms in total. The Balaban J connectivity index is 2.07. The first-order valence-electron chi connectivity index (χ1n) is 7.46. The largest absolute Gasteiger partial charge is 0.375 e. The molecule has 0 aliphatic rings. The number of methoxy groups -OCH3 is 1. The van der Waals surface area contributed by atoms with Crippen LogP contribution in [0.15, 0.2) is 42.5 Å². The Morgan fingerprint density at radius 1 is 1.09 bits per heavy atom. The van der Waals surface area contributed by atoms with E-state index in [1.807, 2.05) is 57.2 Å². The van der Waals surface area contributed by atoms with Crippen LogP contribution in [-0.4, -0.2) is 19.6 Å². The predicted octanol–water partition coefficient (Wildman–Crippen LogP) is 3.73. The molecule has 0 aliphatic heterocycles. The summed E-state index contributed by atoms with van der Waals surface area (Å²) in [4.78, 5) is 12.3. The molecular weight excluding hydrogens is 274 g/mol. The Bertz CT molecular complexity index is 644. The van der Waals surface area contributed by atoms with E-state index >= 15 is 0 Å². The third-order valence-electron chi connectivity index (χ3n) is 3.75. The molecule has 116 valence electrons. The molecule has 2 rings (SSSR count). The van der Waals surface area contributed by atoms with Crippen molar-refractivity contribution < 1.29 is 9.53 Å². The van der Waals surface area contributed by atoms with E-state index in [0.717, 1.165) is 22.3 Å². The van der Waals surface area contributed by atoms with E-state index in [2.05, 4.69) is 11.4 Å². The van der Waals surface area contributed by atoms with E-state index in [-0.39, 0.29) is 12.0 Å². The second-order valence-corrected chi connectivity index (χ2v) is 5.67. The molecule has 0 spiro atoms. The molecule has 1 atom stereocenters. The van der Waals surface area contributed by atoms with Gasteiger partial charge in [-0.3, -0.25) is 4.79 Å². The van der Waals surface area contributed by atoms with Gasteiger partial charge in [0.2, 0.25) is 0 Å². The maximum atomic E-state index is 12.3. The lowest BCUT2D eigenvalue weighted by molar-refractivity contribution is 0.0826.